The normalized spacial score (nSPS) is 15.7. The summed E-state index contributed by atoms with van der Waals surface area (Å²) in [7, 11) is 0. The summed E-state index contributed by atoms with van der Waals surface area (Å²) in [5.41, 5.74) is 0. The molecule has 1 aromatic rings. The molecule has 1 unspecified atom stereocenters. The van der Waals surface area contributed by atoms with E-state index in [2.05, 4.69) is 5.32 Å². The number of amides is 1. The predicted molar refractivity (Wildman–Crippen MR) is 87.9 cm³/mol. The SMILES string of the molecule is CC(Sc1ccc(Cl)cc1)C(=O)NCCCOCC1CC1. The van der Waals surface area contributed by atoms with Crippen LogP contribution in [0.5, 0.6) is 0 Å². The molecule has 21 heavy (non-hydrogen) atoms. The summed E-state index contributed by atoms with van der Waals surface area (Å²) in [6.07, 6.45) is 3.50. The molecule has 0 spiro atoms. The summed E-state index contributed by atoms with van der Waals surface area (Å²) < 4.78 is 5.54. The van der Waals surface area contributed by atoms with Gasteiger partial charge in [0.05, 0.1) is 5.25 Å². The number of nitrogens with one attached hydrogen (secondary N) is 1. The van der Waals surface area contributed by atoms with Gasteiger partial charge in [-0.1, -0.05) is 11.6 Å². The predicted octanol–water partition coefficient (Wildman–Crippen LogP) is 3.75. The molecule has 0 radical (unpaired) electrons. The maximum absolute atomic E-state index is 12.0. The van der Waals surface area contributed by atoms with E-state index in [4.69, 9.17) is 16.3 Å². The Morgan fingerprint density at radius 2 is 2.14 bits per heavy atom. The fraction of sp³-hybridized carbons (Fsp3) is 0.562. The molecule has 0 aliphatic heterocycles. The van der Waals surface area contributed by atoms with E-state index in [0.717, 1.165) is 30.4 Å². The largest absolute Gasteiger partial charge is 0.381 e. The summed E-state index contributed by atoms with van der Waals surface area (Å²) in [5, 5.41) is 3.55. The van der Waals surface area contributed by atoms with Crippen LogP contribution in [0, 0.1) is 5.92 Å². The zero-order valence-electron chi connectivity index (χ0n) is 12.3. The van der Waals surface area contributed by atoms with Gasteiger partial charge in [0, 0.05) is 29.7 Å². The highest BCUT2D eigenvalue weighted by atomic mass is 35.5. The highest BCUT2D eigenvalue weighted by Crippen LogP contribution is 2.28. The van der Waals surface area contributed by atoms with Crippen LogP contribution in [0.3, 0.4) is 0 Å². The number of hydrogen-bond acceptors (Lipinski definition) is 3. The second-order valence-corrected chi connectivity index (χ2v) is 7.23. The van der Waals surface area contributed by atoms with Gasteiger partial charge < -0.3 is 10.1 Å². The second kappa shape index (κ2) is 8.66. The molecule has 116 valence electrons. The van der Waals surface area contributed by atoms with E-state index in [0.29, 0.717) is 11.6 Å². The Kier molecular flexibility index (Phi) is 6.87. The third-order valence-corrected chi connectivity index (χ3v) is 4.67. The Morgan fingerprint density at radius 3 is 2.81 bits per heavy atom. The van der Waals surface area contributed by atoms with E-state index in [-0.39, 0.29) is 11.2 Å². The van der Waals surface area contributed by atoms with Crippen molar-refractivity contribution in [1.82, 2.24) is 5.32 Å². The van der Waals surface area contributed by atoms with Gasteiger partial charge >= 0.3 is 0 Å². The van der Waals surface area contributed by atoms with Crippen molar-refractivity contribution in [2.45, 2.75) is 36.3 Å². The van der Waals surface area contributed by atoms with Gasteiger partial charge in [-0.3, -0.25) is 4.79 Å². The van der Waals surface area contributed by atoms with Gasteiger partial charge in [-0.15, -0.1) is 11.8 Å². The molecule has 0 aromatic heterocycles. The molecule has 1 amide bonds. The van der Waals surface area contributed by atoms with E-state index >= 15 is 0 Å². The number of hydrogen-bond donors (Lipinski definition) is 1. The fourth-order valence-electron chi connectivity index (χ4n) is 1.83. The average molecular weight is 328 g/mol. The number of thioether (sulfide) groups is 1. The van der Waals surface area contributed by atoms with Crippen LogP contribution in [-0.2, 0) is 9.53 Å². The van der Waals surface area contributed by atoms with Crippen LogP contribution in [-0.4, -0.2) is 30.9 Å². The molecule has 1 aliphatic carbocycles. The molecule has 1 aromatic carbocycles. The van der Waals surface area contributed by atoms with Crippen LogP contribution in [0.4, 0.5) is 0 Å². The zero-order chi connectivity index (χ0) is 15.1. The summed E-state index contributed by atoms with van der Waals surface area (Å²) in [4.78, 5) is 13.0. The molecule has 0 bridgehead atoms. The first-order chi connectivity index (χ1) is 10.1. The number of ether oxygens (including phenoxy) is 1. The second-order valence-electron chi connectivity index (χ2n) is 5.38. The molecule has 1 saturated carbocycles. The van der Waals surface area contributed by atoms with E-state index < -0.39 is 0 Å². The maximum Gasteiger partial charge on any atom is 0.233 e. The van der Waals surface area contributed by atoms with Gasteiger partial charge in [-0.2, -0.15) is 0 Å². The van der Waals surface area contributed by atoms with Crippen LogP contribution in [0.15, 0.2) is 29.2 Å². The van der Waals surface area contributed by atoms with Gasteiger partial charge in [0.1, 0.15) is 0 Å². The smallest absolute Gasteiger partial charge is 0.233 e. The van der Waals surface area contributed by atoms with Crippen molar-refractivity contribution in [2.75, 3.05) is 19.8 Å². The van der Waals surface area contributed by atoms with Crippen LogP contribution in [0.2, 0.25) is 5.02 Å². The summed E-state index contributed by atoms with van der Waals surface area (Å²) in [6.45, 7) is 4.21. The highest BCUT2D eigenvalue weighted by Gasteiger charge is 2.20. The van der Waals surface area contributed by atoms with Gasteiger partial charge in [0.2, 0.25) is 5.91 Å². The lowest BCUT2D eigenvalue weighted by molar-refractivity contribution is -0.120. The molecule has 1 fully saturated rings. The lowest BCUT2D eigenvalue weighted by Gasteiger charge is -2.12. The first-order valence-electron chi connectivity index (χ1n) is 7.43. The van der Waals surface area contributed by atoms with Crippen molar-refractivity contribution in [1.29, 1.82) is 0 Å². The van der Waals surface area contributed by atoms with Crippen LogP contribution < -0.4 is 5.32 Å². The number of halogens is 1. The van der Waals surface area contributed by atoms with Crippen molar-refractivity contribution in [2.24, 2.45) is 5.92 Å². The van der Waals surface area contributed by atoms with Crippen LogP contribution >= 0.6 is 23.4 Å². The van der Waals surface area contributed by atoms with Gasteiger partial charge in [-0.25, -0.2) is 0 Å². The Balaban J connectivity index is 1.57. The lowest BCUT2D eigenvalue weighted by Crippen LogP contribution is -2.32. The van der Waals surface area contributed by atoms with Crippen molar-refractivity contribution in [3.05, 3.63) is 29.3 Å². The van der Waals surface area contributed by atoms with E-state index in [1.165, 1.54) is 24.6 Å². The maximum atomic E-state index is 12.0. The number of rotatable bonds is 9. The molecule has 1 N–H and O–H groups in total. The minimum Gasteiger partial charge on any atom is -0.381 e. The first kappa shape index (κ1) is 16.7. The van der Waals surface area contributed by atoms with Gasteiger partial charge in [-0.05, 0) is 56.4 Å². The lowest BCUT2D eigenvalue weighted by atomic mass is 10.4. The standard InChI is InChI=1S/C16H22ClNO2S/c1-12(21-15-7-5-14(17)6-8-15)16(19)18-9-2-10-20-11-13-3-4-13/h5-8,12-13H,2-4,9-11H2,1H3,(H,18,19). The van der Waals surface area contributed by atoms with Crippen LogP contribution in [0.1, 0.15) is 26.2 Å². The first-order valence-corrected chi connectivity index (χ1v) is 8.68. The third-order valence-electron chi connectivity index (χ3n) is 3.31. The van der Waals surface area contributed by atoms with Crippen molar-refractivity contribution in [3.63, 3.8) is 0 Å². The number of carbonyl (C=O) groups is 1. The quantitative estimate of drug-likeness (QED) is 0.554. The topological polar surface area (TPSA) is 38.3 Å². The van der Waals surface area contributed by atoms with Gasteiger partial charge in [0.25, 0.3) is 0 Å². The monoisotopic (exact) mass is 327 g/mol. The fourth-order valence-corrected chi connectivity index (χ4v) is 2.85. The molecular formula is C16H22ClNO2S. The van der Waals surface area contributed by atoms with E-state index in [1.807, 2.05) is 31.2 Å². The van der Waals surface area contributed by atoms with E-state index in [9.17, 15) is 4.79 Å². The van der Waals surface area contributed by atoms with E-state index in [1.54, 1.807) is 0 Å². The molecule has 3 nitrogen and oxygen atoms in total. The summed E-state index contributed by atoms with van der Waals surface area (Å²) in [5.74, 6) is 0.868. The van der Waals surface area contributed by atoms with Crippen molar-refractivity contribution < 1.29 is 9.53 Å². The minimum absolute atomic E-state index is 0.0668. The van der Waals surface area contributed by atoms with Gasteiger partial charge in [0.15, 0.2) is 0 Å². The third kappa shape index (κ3) is 6.72. The van der Waals surface area contributed by atoms with Crippen LogP contribution in [0.25, 0.3) is 0 Å². The molecular weight excluding hydrogens is 306 g/mol. The summed E-state index contributed by atoms with van der Waals surface area (Å²) >= 11 is 7.38. The Bertz CT molecular complexity index is 448. The zero-order valence-corrected chi connectivity index (χ0v) is 13.9. The molecule has 0 saturated heterocycles. The molecule has 2 rings (SSSR count). The Labute approximate surface area is 135 Å². The average Bonchev–Trinajstić information content (AvgIpc) is 3.29. The van der Waals surface area contributed by atoms with Crippen molar-refractivity contribution >= 4 is 29.3 Å². The minimum atomic E-state index is -0.112. The number of carbonyl (C=O) groups excluding carboxylic acids is 1. The highest BCUT2D eigenvalue weighted by molar-refractivity contribution is 8.00. The molecule has 1 aliphatic rings. The molecule has 5 heteroatoms. The Hall–Kier alpha value is -0.710. The molecule has 1 atom stereocenters. The Morgan fingerprint density at radius 1 is 1.43 bits per heavy atom. The summed E-state index contributed by atoms with van der Waals surface area (Å²) in [6, 6.07) is 7.54. The van der Waals surface area contributed by atoms with Crippen molar-refractivity contribution in [3.8, 4) is 0 Å². The molecule has 0 heterocycles. The number of benzene rings is 1.